The van der Waals surface area contributed by atoms with Crippen LogP contribution < -0.4 is 10.5 Å². The van der Waals surface area contributed by atoms with E-state index in [4.69, 9.17) is 10.5 Å². The molecule has 17 heavy (non-hydrogen) atoms. The van der Waals surface area contributed by atoms with Gasteiger partial charge in [0.15, 0.2) is 6.47 Å². The molecule has 0 fully saturated rings. The Balaban J connectivity index is 0.00000144. The van der Waals surface area contributed by atoms with Crippen molar-refractivity contribution in [1.82, 2.24) is 4.57 Å². The van der Waals surface area contributed by atoms with Crippen LogP contribution in [0.1, 0.15) is 6.92 Å². The van der Waals surface area contributed by atoms with Crippen LogP contribution in [0.25, 0.3) is 10.9 Å². The molecule has 0 aliphatic carbocycles. The van der Waals surface area contributed by atoms with Crippen molar-refractivity contribution in [3.8, 4) is 5.75 Å². The minimum atomic E-state index is 0. The summed E-state index contributed by atoms with van der Waals surface area (Å²) in [6.45, 7) is 4.10. The van der Waals surface area contributed by atoms with Crippen LogP contribution in [0.2, 0.25) is 0 Å². The predicted octanol–water partition coefficient (Wildman–Crippen LogP) is 1.43. The smallest absolute Gasteiger partial charge is 0.170 e. The van der Waals surface area contributed by atoms with E-state index in [0.29, 0.717) is 5.75 Å². The van der Waals surface area contributed by atoms with Crippen LogP contribution in [-0.4, -0.2) is 17.1 Å². The van der Waals surface area contributed by atoms with Gasteiger partial charge in [0.05, 0.1) is 0 Å². The largest absolute Gasteiger partial charge is 0.610 e. The summed E-state index contributed by atoms with van der Waals surface area (Å²) in [6.07, 6.45) is 1.97. The third kappa shape index (κ3) is 3.17. The Bertz CT molecular complexity index is 508. The molecular formula is C12H13N2O2W-. The van der Waals surface area contributed by atoms with Gasteiger partial charge in [-0.1, -0.05) is 12.1 Å². The molecule has 1 aromatic heterocycles. The molecule has 0 spiro atoms. The summed E-state index contributed by atoms with van der Waals surface area (Å²) in [5.74, 6) is 0.493. The summed E-state index contributed by atoms with van der Waals surface area (Å²) in [7, 11) is 0. The van der Waals surface area contributed by atoms with Gasteiger partial charge in [-0.25, -0.2) is 0 Å². The maximum absolute atomic E-state index is 10.1. The second-order valence-electron chi connectivity index (χ2n) is 3.85. The van der Waals surface area contributed by atoms with Gasteiger partial charge >= 0.3 is 0 Å². The molecule has 1 heterocycles. The van der Waals surface area contributed by atoms with E-state index in [1.165, 1.54) is 6.47 Å². The molecule has 0 bridgehead atoms. The Morgan fingerprint density at radius 3 is 2.88 bits per heavy atom. The molecule has 90 valence electrons. The first kappa shape index (κ1) is 13.9. The standard InChI is InChI=1S/C12H13N2O2.W/c1-9(13)7-14-5-4-10-2-3-11(16-8-15)6-12(10)14;/h2-6,9H,7,13H2,1H3;/q-1;. The van der Waals surface area contributed by atoms with Crippen LogP contribution in [0.5, 0.6) is 5.75 Å². The zero-order chi connectivity index (χ0) is 11.5. The van der Waals surface area contributed by atoms with Gasteiger partial charge in [-0.3, -0.25) is 0 Å². The monoisotopic (exact) mass is 401 g/mol. The second-order valence-corrected chi connectivity index (χ2v) is 3.85. The van der Waals surface area contributed by atoms with Gasteiger partial charge in [0.25, 0.3) is 0 Å². The van der Waals surface area contributed by atoms with Gasteiger partial charge in [-0.2, -0.15) is 0 Å². The van der Waals surface area contributed by atoms with Gasteiger partial charge < -0.3 is 19.8 Å². The molecule has 5 heteroatoms. The first-order chi connectivity index (χ1) is 7.70. The van der Waals surface area contributed by atoms with Gasteiger partial charge in [0.1, 0.15) is 0 Å². The van der Waals surface area contributed by atoms with Crippen molar-refractivity contribution in [3.63, 3.8) is 0 Å². The normalized spacial score (nSPS) is 11.9. The number of rotatable bonds is 4. The number of nitrogens with zero attached hydrogens (tertiary/aromatic N) is 1. The predicted molar refractivity (Wildman–Crippen MR) is 61.9 cm³/mol. The summed E-state index contributed by atoms with van der Waals surface area (Å²) in [5, 5.41) is 1.10. The minimum Gasteiger partial charge on any atom is -0.610 e. The van der Waals surface area contributed by atoms with E-state index >= 15 is 0 Å². The van der Waals surface area contributed by atoms with Crippen molar-refractivity contribution in [2.24, 2.45) is 5.73 Å². The van der Waals surface area contributed by atoms with E-state index in [-0.39, 0.29) is 27.1 Å². The Hall–Kier alpha value is -1.12. The Kier molecular flexibility index (Phi) is 4.91. The van der Waals surface area contributed by atoms with Gasteiger partial charge in [0.2, 0.25) is 0 Å². The average molecular weight is 401 g/mol. The van der Waals surface area contributed by atoms with E-state index in [0.717, 1.165) is 17.4 Å². The second kappa shape index (κ2) is 5.99. The number of nitrogens with two attached hydrogens (primary N) is 1. The molecule has 2 rings (SSSR count). The number of hydrogen-bond acceptors (Lipinski definition) is 3. The molecule has 1 unspecified atom stereocenters. The van der Waals surface area contributed by atoms with Crippen molar-refractivity contribution in [1.29, 1.82) is 0 Å². The van der Waals surface area contributed by atoms with Crippen LogP contribution in [0.4, 0.5) is 0 Å². The molecule has 0 amide bonds. The summed E-state index contributed by atoms with van der Waals surface area (Å²) in [6, 6.07) is 7.54. The van der Waals surface area contributed by atoms with Gasteiger partial charge in [0, 0.05) is 45.4 Å². The number of ether oxygens (including phenoxy) is 1. The van der Waals surface area contributed by atoms with Crippen molar-refractivity contribution in [3.05, 3.63) is 30.5 Å². The zero-order valence-electron chi connectivity index (χ0n) is 9.42. The van der Waals surface area contributed by atoms with Crippen LogP contribution in [-0.2, 0) is 32.4 Å². The minimum absolute atomic E-state index is 0. The topological polar surface area (TPSA) is 57.2 Å². The molecule has 0 saturated carbocycles. The van der Waals surface area contributed by atoms with Gasteiger partial charge in [-0.05, 0) is 24.1 Å². The Morgan fingerprint density at radius 1 is 1.47 bits per heavy atom. The SMILES string of the molecule is CC(N)Cn1ccc2ccc(O[C-]=O)cc21.[W]. The number of fused-ring (bicyclic) bond motifs is 1. The zero-order valence-corrected chi connectivity index (χ0v) is 12.4. The summed E-state index contributed by atoms with van der Waals surface area (Å²) in [5.41, 5.74) is 6.76. The number of carbonyl (C=O) groups excluding carboxylic acids is 1. The molecule has 0 saturated heterocycles. The molecule has 1 atom stereocenters. The van der Waals surface area contributed by atoms with E-state index in [1.807, 2.05) is 35.9 Å². The Labute approximate surface area is 114 Å². The molecule has 0 aliphatic heterocycles. The van der Waals surface area contributed by atoms with Crippen molar-refractivity contribution in [2.75, 3.05) is 0 Å². The summed E-state index contributed by atoms with van der Waals surface area (Å²) >= 11 is 0. The molecular weight excluding hydrogens is 388 g/mol. The van der Waals surface area contributed by atoms with Gasteiger partial charge in [-0.15, -0.1) is 6.07 Å². The maximum atomic E-state index is 10.1. The molecule has 2 aromatic rings. The number of aromatic nitrogens is 1. The number of benzene rings is 1. The fourth-order valence-corrected chi connectivity index (χ4v) is 1.74. The number of hydrogen-bond donors (Lipinski definition) is 1. The van der Waals surface area contributed by atoms with E-state index in [1.54, 1.807) is 6.07 Å². The molecule has 0 aliphatic rings. The average Bonchev–Trinajstić information content (AvgIpc) is 2.61. The fraction of sp³-hybridized carbons (Fsp3) is 0.250. The fourth-order valence-electron chi connectivity index (χ4n) is 1.74. The summed E-state index contributed by atoms with van der Waals surface area (Å²) in [4.78, 5) is 10.1. The molecule has 0 radical (unpaired) electrons. The third-order valence-corrected chi connectivity index (χ3v) is 2.39. The van der Waals surface area contributed by atoms with Crippen LogP contribution in [0.3, 0.4) is 0 Å². The van der Waals surface area contributed by atoms with Crippen LogP contribution in [0.15, 0.2) is 30.5 Å². The molecule has 4 nitrogen and oxygen atoms in total. The summed E-state index contributed by atoms with van der Waals surface area (Å²) < 4.78 is 6.73. The third-order valence-electron chi connectivity index (χ3n) is 2.39. The molecule has 2 N–H and O–H groups in total. The first-order valence-corrected chi connectivity index (χ1v) is 5.09. The quantitative estimate of drug-likeness (QED) is 0.790. The van der Waals surface area contributed by atoms with Crippen molar-refractivity contribution >= 4 is 17.4 Å². The first-order valence-electron chi connectivity index (χ1n) is 5.09. The molecule has 1 aromatic carbocycles. The van der Waals surface area contributed by atoms with Crippen molar-refractivity contribution in [2.45, 2.75) is 19.5 Å². The van der Waals surface area contributed by atoms with Crippen molar-refractivity contribution < 1.29 is 30.6 Å². The van der Waals surface area contributed by atoms with Crippen LogP contribution >= 0.6 is 0 Å². The van der Waals surface area contributed by atoms with E-state index in [9.17, 15) is 4.79 Å². The van der Waals surface area contributed by atoms with Crippen LogP contribution in [0, 0.1) is 0 Å². The van der Waals surface area contributed by atoms with E-state index in [2.05, 4.69) is 0 Å². The van der Waals surface area contributed by atoms with E-state index < -0.39 is 0 Å². The maximum Gasteiger partial charge on any atom is 0.170 e. The Morgan fingerprint density at radius 2 is 2.24 bits per heavy atom.